The predicted molar refractivity (Wildman–Crippen MR) is 129 cm³/mol. The first-order valence-corrected chi connectivity index (χ1v) is 12.5. The fraction of sp³-hybridized carbons (Fsp3) is 0.333. The van der Waals surface area contributed by atoms with E-state index in [1.54, 1.807) is 13.0 Å². The number of thioether (sulfide) groups is 1. The molecule has 0 radical (unpaired) electrons. The van der Waals surface area contributed by atoms with Gasteiger partial charge < -0.3 is 19.4 Å². The van der Waals surface area contributed by atoms with E-state index < -0.39 is 5.97 Å². The molecular formula is C21H23BrN4O4S2. The summed E-state index contributed by atoms with van der Waals surface area (Å²) in [5.41, 5.74) is 0.372. The van der Waals surface area contributed by atoms with Crippen molar-refractivity contribution in [2.24, 2.45) is 0 Å². The summed E-state index contributed by atoms with van der Waals surface area (Å²) in [6.07, 6.45) is 0. The molecule has 0 bridgehead atoms. The van der Waals surface area contributed by atoms with Crippen LogP contribution in [0.1, 0.15) is 34.9 Å². The van der Waals surface area contributed by atoms with Crippen LogP contribution in [0.2, 0.25) is 0 Å². The van der Waals surface area contributed by atoms with E-state index in [-0.39, 0.29) is 24.9 Å². The van der Waals surface area contributed by atoms with E-state index in [1.807, 2.05) is 42.7 Å². The van der Waals surface area contributed by atoms with Crippen LogP contribution in [0.15, 0.2) is 40.0 Å². The molecule has 0 aliphatic rings. The number of esters is 1. The molecule has 1 aromatic carbocycles. The second kappa shape index (κ2) is 11.5. The average Bonchev–Trinajstić information content (AvgIpc) is 3.34. The minimum absolute atomic E-state index is 0.130. The Hall–Kier alpha value is -2.37. The summed E-state index contributed by atoms with van der Waals surface area (Å²) in [5.74, 6) is 0.861. The van der Waals surface area contributed by atoms with Gasteiger partial charge in [0.25, 0.3) is 0 Å². The van der Waals surface area contributed by atoms with Crippen molar-refractivity contribution in [2.75, 3.05) is 17.7 Å². The molecule has 8 nitrogen and oxygen atoms in total. The Morgan fingerprint density at radius 2 is 1.97 bits per heavy atom. The first-order chi connectivity index (χ1) is 15.4. The van der Waals surface area contributed by atoms with Crippen LogP contribution >= 0.6 is 39.0 Å². The van der Waals surface area contributed by atoms with Gasteiger partial charge in [-0.3, -0.25) is 4.79 Å². The van der Waals surface area contributed by atoms with Gasteiger partial charge in [0.15, 0.2) is 11.0 Å². The molecule has 2 heterocycles. The van der Waals surface area contributed by atoms with Gasteiger partial charge in [0.2, 0.25) is 5.91 Å². The van der Waals surface area contributed by atoms with Crippen LogP contribution in [0.3, 0.4) is 0 Å². The molecule has 0 spiro atoms. The number of aryl methyl sites for hydroxylation is 1. The average molecular weight is 539 g/mol. The number of benzene rings is 1. The number of hydrogen-bond acceptors (Lipinski definition) is 8. The smallest absolute Gasteiger partial charge is 0.341 e. The summed E-state index contributed by atoms with van der Waals surface area (Å²) in [7, 11) is 0. The number of ether oxygens (including phenoxy) is 2. The molecule has 1 amide bonds. The van der Waals surface area contributed by atoms with Crippen LogP contribution in [0, 0.1) is 6.92 Å². The molecule has 11 heteroatoms. The van der Waals surface area contributed by atoms with E-state index in [2.05, 4.69) is 31.4 Å². The van der Waals surface area contributed by atoms with E-state index >= 15 is 0 Å². The van der Waals surface area contributed by atoms with Gasteiger partial charge in [-0.25, -0.2) is 4.79 Å². The van der Waals surface area contributed by atoms with Crippen LogP contribution in [0.25, 0.3) is 0 Å². The molecule has 170 valence electrons. The van der Waals surface area contributed by atoms with Crippen LogP contribution < -0.4 is 10.1 Å². The molecule has 0 saturated heterocycles. The van der Waals surface area contributed by atoms with Gasteiger partial charge in [-0.05, 0) is 51.1 Å². The monoisotopic (exact) mass is 538 g/mol. The van der Waals surface area contributed by atoms with Gasteiger partial charge in [0, 0.05) is 15.9 Å². The van der Waals surface area contributed by atoms with Crippen LogP contribution in [0.4, 0.5) is 5.00 Å². The minimum Gasteiger partial charge on any atom is -0.486 e. The third-order valence-electron chi connectivity index (χ3n) is 4.23. The normalized spacial score (nSPS) is 10.8. The van der Waals surface area contributed by atoms with Gasteiger partial charge in [0.05, 0.1) is 17.9 Å². The molecule has 0 saturated carbocycles. The number of aromatic nitrogens is 3. The first kappa shape index (κ1) is 24.3. The standard InChI is InChI=1S/C21H23BrN4O4S2/c1-4-26-17(11-30-15-8-6-14(22)7-9-15)24-25-21(26)31-12-18(27)23-19-16(10-13(3)32-19)20(28)29-5-2/h6-10H,4-5,11-12H2,1-3H3,(H,23,27). The van der Waals surface area contributed by atoms with E-state index in [1.165, 1.54) is 23.1 Å². The number of amides is 1. The highest BCUT2D eigenvalue weighted by atomic mass is 79.9. The maximum Gasteiger partial charge on any atom is 0.341 e. The number of thiophene rings is 1. The SMILES string of the molecule is CCOC(=O)c1cc(C)sc1NC(=O)CSc1nnc(COc2ccc(Br)cc2)n1CC. The number of carbonyl (C=O) groups is 2. The number of hydrogen-bond donors (Lipinski definition) is 1. The lowest BCUT2D eigenvalue weighted by Gasteiger charge is -2.09. The quantitative estimate of drug-likeness (QED) is 0.289. The van der Waals surface area contributed by atoms with Gasteiger partial charge in [-0.1, -0.05) is 27.7 Å². The Morgan fingerprint density at radius 1 is 1.22 bits per heavy atom. The number of anilines is 1. The summed E-state index contributed by atoms with van der Waals surface area (Å²) in [6, 6.07) is 9.27. The maximum absolute atomic E-state index is 12.5. The van der Waals surface area contributed by atoms with Crippen molar-refractivity contribution in [3.05, 3.63) is 51.1 Å². The number of nitrogens with one attached hydrogen (secondary N) is 1. The second-order valence-corrected chi connectivity index (χ2v) is 9.66. The minimum atomic E-state index is -0.444. The zero-order chi connectivity index (χ0) is 23.1. The summed E-state index contributed by atoms with van der Waals surface area (Å²) >= 11 is 6.02. The lowest BCUT2D eigenvalue weighted by molar-refractivity contribution is -0.113. The Kier molecular flexibility index (Phi) is 8.71. The Balaban J connectivity index is 1.59. The van der Waals surface area contributed by atoms with Crippen molar-refractivity contribution >= 4 is 55.9 Å². The van der Waals surface area contributed by atoms with E-state index in [0.717, 1.165) is 15.1 Å². The Morgan fingerprint density at radius 3 is 2.66 bits per heavy atom. The van der Waals surface area contributed by atoms with Crippen molar-refractivity contribution in [3.8, 4) is 5.75 Å². The fourth-order valence-corrected chi connectivity index (χ4v) is 4.79. The number of carbonyl (C=O) groups excluding carboxylic acids is 2. The highest BCUT2D eigenvalue weighted by Gasteiger charge is 2.19. The van der Waals surface area contributed by atoms with Crippen molar-refractivity contribution in [2.45, 2.75) is 39.1 Å². The zero-order valence-electron chi connectivity index (χ0n) is 17.9. The van der Waals surface area contributed by atoms with E-state index in [0.29, 0.717) is 28.1 Å². The summed E-state index contributed by atoms with van der Waals surface area (Å²) in [5, 5.41) is 12.3. The molecule has 0 fully saturated rings. The number of halogens is 1. The van der Waals surface area contributed by atoms with Crippen LogP contribution in [0.5, 0.6) is 5.75 Å². The van der Waals surface area contributed by atoms with Crippen molar-refractivity contribution in [3.63, 3.8) is 0 Å². The molecule has 32 heavy (non-hydrogen) atoms. The lowest BCUT2D eigenvalue weighted by Crippen LogP contribution is -2.16. The molecular weight excluding hydrogens is 516 g/mol. The van der Waals surface area contributed by atoms with Crippen molar-refractivity contribution in [1.29, 1.82) is 0 Å². The Bertz CT molecular complexity index is 1080. The highest BCUT2D eigenvalue weighted by Crippen LogP contribution is 2.29. The molecule has 0 unspecified atom stereocenters. The predicted octanol–water partition coefficient (Wildman–Crippen LogP) is 4.92. The number of nitrogens with zero attached hydrogens (tertiary/aromatic N) is 3. The van der Waals surface area contributed by atoms with Gasteiger partial charge >= 0.3 is 5.97 Å². The molecule has 3 aromatic rings. The van der Waals surface area contributed by atoms with Gasteiger partial charge in [0.1, 0.15) is 17.4 Å². The van der Waals surface area contributed by atoms with Crippen molar-refractivity contribution in [1.82, 2.24) is 14.8 Å². The third kappa shape index (κ3) is 6.33. The van der Waals surface area contributed by atoms with Crippen LogP contribution in [-0.2, 0) is 22.7 Å². The molecule has 0 aliphatic heterocycles. The molecule has 3 rings (SSSR count). The van der Waals surface area contributed by atoms with E-state index in [9.17, 15) is 9.59 Å². The first-order valence-electron chi connectivity index (χ1n) is 9.91. The number of rotatable bonds is 10. The maximum atomic E-state index is 12.5. The topological polar surface area (TPSA) is 95.3 Å². The summed E-state index contributed by atoms with van der Waals surface area (Å²) in [4.78, 5) is 25.5. The van der Waals surface area contributed by atoms with E-state index in [4.69, 9.17) is 9.47 Å². The second-order valence-electron chi connectivity index (χ2n) is 6.54. The fourth-order valence-electron chi connectivity index (χ4n) is 2.79. The van der Waals surface area contributed by atoms with Crippen LogP contribution in [-0.4, -0.2) is 39.0 Å². The summed E-state index contributed by atoms with van der Waals surface area (Å²) < 4.78 is 13.7. The third-order valence-corrected chi connectivity index (χ3v) is 6.69. The highest BCUT2D eigenvalue weighted by molar-refractivity contribution is 9.10. The molecule has 1 N–H and O–H groups in total. The molecule has 2 aromatic heterocycles. The zero-order valence-corrected chi connectivity index (χ0v) is 21.1. The largest absolute Gasteiger partial charge is 0.486 e. The van der Waals surface area contributed by atoms with Crippen molar-refractivity contribution < 1.29 is 19.1 Å². The Labute approximate surface area is 202 Å². The van der Waals surface area contributed by atoms with Gasteiger partial charge in [-0.2, -0.15) is 0 Å². The molecule has 0 aliphatic carbocycles. The molecule has 0 atom stereocenters. The van der Waals surface area contributed by atoms with Gasteiger partial charge in [-0.15, -0.1) is 21.5 Å². The summed E-state index contributed by atoms with van der Waals surface area (Å²) in [6.45, 7) is 6.79. The lowest BCUT2D eigenvalue weighted by atomic mass is 10.3.